The van der Waals surface area contributed by atoms with Crippen molar-refractivity contribution in [3.05, 3.63) is 42.2 Å². The van der Waals surface area contributed by atoms with Crippen molar-refractivity contribution in [2.75, 3.05) is 0 Å². The maximum Gasteiger partial charge on any atom is 0.435 e. The molecule has 21 heavy (non-hydrogen) atoms. The SMILES string of the molecule is CC(C)(C)OC(=O)n1cc(Oc2ccc(CO)cc2)cn1. The summed E-state index contributed by atoms with van der Waals surface area (Å²) < 4.78 is 11.8. The first-order valence-electron chi connectivity index (χ1n) is 6.53. The fraction of sp³-hybridized carbons (Fsp3) is 0.333. The molecule has 0 bridgehead atoms. The zero-order valence-electron chi connectivity index (χ0n) is 12.2. The Morgan fingerprint density at radius 1 is 1.24 bits per heavy atom. The van der Waals surface area contributed by atoms with E-state index in [0.717, 1.165) is 10.2 Å². The highest BCUT2D eigenvalue weighted by molar-refractivity contribution is 5.70. The van der Waals surface area contributed by atoms with Crippen molar-refractivity contribution in [3.8, 4) is 11.5 Å². The maximum atomic E-state index is 11.8. The number of aliphatic hydroxyl groups is 1. The molecule has 0 atom stereocenters. The van der Waals surface area contributed by atoms with Gasteiger partial charge in [-0.25, -0.2) is 4.79 Å². The lowest BCUT2D eigenvalue weighted by atomic mass is 10.2. The van der Waals surface area contributed by atoms with Crippen molar-refractivity contribution in [2.24, 2.45) is 0 Å². The van der Waals surface area contributed by atoms with Crippen LogP contribution in [-0.4, -0.2) is 26.6 Å². The van der Waals surface area contributed by atoms with E-state index in [-0.39, 0.29) is 6.61 Å². The molecule has 0 saturated heterocycles. The predicted molar refractivity (Wildman–Crippen MR) is 76.3 cm³/mol. The Hall–Kier alpha value is -2.34. The first-order chi connectivity index (χ1) is 9.87. The topological polar surface area (TPSA) is 73.6 Å². The standard InChI is InChI=1S/C15H18N2O4/c1-15(2,3)21-14(19)17-9-13(8-16-17)20-12-6-4-11(10-18)5-7-12/h4-9,18H,10H2,1-3H3. The fourth-order valence-electron chi connectivity index (χ4n) is 1.57. The highest BCUT2D eigenvalue weighted by atomic mass is 16.6. The van der Waals surface area contributed by atoms with Crippen LogP contribution in [0.2, 0.25) is 0 Å². The second-order valence-corrected chi connectivity index (χ2v) is 5.51. The number of ether oxygens (including phenoxy) is 2. The molecule has 0 aliphatic rings. The van der Waals surface area contributed by atoms with Gasteiger partial charge in [0.2, 0.25) is 0 Å². The van der Waals surface area contributed by atoms with Gasteiger partial charge < -0.3 is 14.6 Å². The lowest BCUT2D eigenvalue weighted by molar-refractivity contribution is 0.0514. The summed E-state index contributed by atoms with van der Waals surface area (Å²) in [6.07, 6.45) is 2.32. The summed E-state index contributed by atoms with van der Waals surface area (Å²) in [5.41, 5.74) is 0.219. The van der Waals surface area contributed by atoms with E-state index in [1.165, 1.54) is 12.4 Å². The molecule has 112 valence electrons. The second-order valence-electron chi connectivity index (χ2n) is 5.51. The second kappa shape index (κ2) is 5.97. The van der Waals surface area contributed by atoms with Gasteiger partial charge in [0.15, 0.2) is 5.75 Å². The molecule has 0 fully saturated rings. The van der Waals surface area contributed by atoms with Gasteiger partial charge in [0.25, 0.3) is 0 Å². The largest absolute Gasteiger partial charge is 0.454 e. The lowest BCUT2D eigenvalue weighted by Crippen LogP contribution is -2.27. The van der Waals surface area contributed by atoms with E-state index in [9.17, 15) is 4.79 Å². The van der Waals surface area contributed by atoms with Crippen molar-refractivity contribution >= 4 is 6.09 Å². The smallest absolute Gasteiger partial charge is 0.435 e. The van der Waals surface area contributed by atoms with E-state index < -0.39 is 11.7 Å². The van der Waals surface area contributed by atoms with Gasteiger partial charge in [0.1, 0.15) is 11.4 Å². The van der Waals surface area contributed by atoms with Crippen LogP contribution in [0, 0.1) is 0 Å². The minimum absolute atomic E-state index is 0.0170. The molecule has 6 nitrogen and oxygen atoms in total. The lowest BCUT2D eigenvalue weighted by Gasteiger charge is -2.18. The molecule has 1 heterocycles. The molecular formula is C15H18N2O4. The van der Waals surface area contributed by atoms with Gasteiger partial charge >= 0.3 is 6.09 Å². The summed E-state index contributed by atoms with van der Waals surface area (Å²) in [7, 11) is 0. The Kier molecular flexibility index (Phi) is 4.28. The number of aromatic nitrogens is 2. The third-order valence-electron chi connectivity index (χ3n) is 2.48. The number of nitrogens with zero attached hydrogens (tertiary/aromatic N) is 2. The van der Waals surface area contributed by atoms with Crippen LogP contribution in [0.4, 0.5) is 4.79 Å². The normalized spacial score (nSPS) is 11.2. The van der Waals surface area contributed by atoms with Gasteiger partial charge in [-0.2, -0.15) is 9.78 Å². The molecule has 1 aromatic carbocycles. The monoisotopic (exact) mass is 290 g/mol. The van der Waals surface area contributed by atoms with Crippen LogP contribution < -0.4 is 4.74 Å². The maximum absolute atomic E-state index is 11.8. The van der Waals surface area contributed by atoms with Crippen LogP contribution in [0.25, 0.3) is 0 Å². The summed E-state index contributed by atoms with van der Waals surface area (Å²) in [5.74, 6) is 1.02. The first kappa shape index (κ1) is 15.1. The Labute approximate surface area is 122 Å². The molecule has 0 spiro atoms. The molecule has 0 amide bonds. The van der Waals surface area contributed by atoms with Crippen molar-refractivity contribution in [1.82, 2.24) is 9.78 Å². The number of hydrogen-bond donors (Lipinski definition) is 1. The summed E-state index contributed by atoms with van der Waals surface area (Å²) in [4.78, 5) is 11.8. The molecule has 2 rings (SSSR count). The van der Waals surface area contributed by atoms with E-state index in [1.54, 1.807) is 45.0 Å². The average molecular weight is 290 g/mol. The number of carbonyl (C=O) groups excluding carboxylic acids is 1. The van der Waals surface area contributed by atoms with Gasteiger partial charge in [-0.15, -0.1) is 0 Å². The Morgan fingerprint density at radius 2 is 1.90 bits per heavy atom. The van der Waals surface area contributed by atoms with Gasteiger partial charge in [0, 0.05) is 0 Å². The molecule has 6 heteroatoms. The molecule has 0 saturated carbocycles. The van der Waals surface area contributed by atoms with Crippen molar-refractivity contribution in [2.45, 2.75) is 33.0 Å². The number of carbonyl (C=O) groups is 1. The molecule has 0 radical (unpaired) electrons. The summed E-state index contributed by atoms with van der Waals surface area (Å²) in [6, 6.07) is 6.98. The van der Waals surface area contributed by atoms with Gasteiger partial charge in [-0.3, -0.25) is 0 Å². The summed E-state index contributed by atoms with van der Waals surface area (Å²) in [5, 5.41) is 12.9. The molecule has 1 N–H and O–H groups in total. The van der Waals surface area contributed by atoms with Gasteiger partial charge in [-0.05, 0) is 38.5 Å². The molecule has 1 aromatic heterocycles. The first-order valence-corrected chi connectivity index (χ1v) is 6.53. The molecule has 0 aliphatic carbocycles. The van der Waals surface area contributed by atoms with Crippen LogP contribution in [0.3, 0.4) is 0 Å². The van der Waals surface area contributed by atoms with Crippen LogP contribution >= 0.6 is 0 Å². The Balaban J connectivity index is 2.04. The molecule has 0 aliphatic heterocycles. The molecule has 2 aromatic rings. The third kappa shape index (κ3) is 4.32. The van der Waals surface area contributed by atoms with E-state index in [0.29, 0.717) is 11.5 Å². The van der Waals surface area contributed by atoms with Crippen molar-refractivity contribution < 1.29 is 19.4 Å². The van der Waals surface area contributed by atoms with Gasteiger partial charge in [0.05, 0.1) is 19.0 Å². The van der Waals surface area contributed by atoms with Gasteiger partial charge in [-0.1, -0.05) is 12.1 Å². The van der Waals surface area contributed by atoms with Crippen LogP contribution in [0.1, 0.15) is 26.3 Å². The molecule has 0 unspecified atom stereocenters. The fourth-order valence-corrected chi connectivity index (χ4v) is 1.57. The summed E-state index contributed by atoms with van der Waals surface area (Å²) >= 11 is 0. The zero-order valence-corrected chi connectivity index (χ0v) is 12.2. The Morgan fingerprint density at radius 3 is 2.48 bits per heavy atom. The number of rotatable bonds is 3. The number of aliphatic hydroxyl groups excluding tert-OH is 1. The third-order valence-corrected chi connectivity index (χ3v) is 2.48. The average Bonchev–Trinajstić information content (AvgIpc) is 2.86. The highest BCUT2D eigenvalue weighted by Crippen LogP contribution is 2.21. The van der Waals surface area contributed by atoms with Crippen LogP contribution in [0.15, 0.2) is 36.7 Å². The van der Waals surface area contributed by atoms with Crippen LogP contribution in [-0.2, 0) is 11.3 Å². The Bertz CT molecular complexity index is 611. The number of hydrogen-bond acceptors (Lipinski definition) is 5. The quantitative estimate of drug-likeness (QED) is 0.940. The van der Waals surface area contributed by atoms with Crippen LogP contribution in [0.5, 0.6) is 11.5 Å². The highest BCUT2D eigenvalue weighted by Gasteiger charge is 2.18. The zero-order chi connectivity index (χ0) is 15.5. The van der Waals surface area contributed by atoms with E-state index >= 15 is 0 Å². The minimum atomic E-state index is -0.579. The predicted octanol–water partition coefficient (Wildman–Crippen LogP) is 2.95. The number of benzene rings is 1. The summed E-state index contributed by atoms with van der Waals surface area (Å²) in [6.45, 7) is 5.34. The van der Waals surface area contributed by atoms with E-state index in [4.69, 9.17) is 14.6 Å². The van der Waals surface area contributed by atoms with E-state index in [1.807, 2.05) is 0 Å². The van der Waals surface area contributed by atoms with Crippen molar-refractivity contribution in [3.63, 3.8) is 0 Å². The van der Waals surface area contributed by atoms with Crippen molar-refractivity contribution in [1.29, 1.82) is 0 Å². The van der Waals surface area contributed by atoms with E-state index in [2.05, 4.69) is 5.10 Å². The molecular weight excluding hydrogens is 272 g/mol. The minimum Gasteiger partial charge on any atom is -0.454 e.